The van der Waals surface area contributed by atoms with E-state index in [1.54, 1.807) is 13.0 Å². The number of alkyl halides is 3. The average molecular weight is 376 g/mol. The Morgan fingerprint density at radius 1 is 1.25 bits per heavy atom. The van der Waals surface area contributed by atoms with Crippen molar-refractivity contribution in [2.75, 3.05) is 0 Å². The van der Waals surface area contributed by atoms with Gasteiger partial charge in [0.05, 0.1) is 11.1 Å². The molecule has 0 saturated heterocycles. The third kappa shape index (κ3) is 2.65. The van der Waals surface area contributed by atoms with E-state index in [9.17, 15) is 21.6 Å². The summed E-state index contributed by atoms with van der Waals surface area (Å²) in [4.78, 5) is 0. The lowest BCUT2D eigenvalue weighted by atomic mass is 10.0. The summed E-state index contributed by atoms with van der Waals surface area (Å²) in [6.45, 7) is 1.55. The zero-order valence-corrected chi connectivity index (χ0v) is 14.1. The molecule has 1 unspecified atom stereocenters. The molecule has 0 N–H and O–H groups in total. The predicted octanol–water partition coefficient (Wildman–Crippen LogP) is 4.68. The molecule has 0 spiro atoms. The second-order valence-electron chi connectivity index (χ2n) is 5.83. The van der Waals surface area contributed by atoms with Gasteiger partial charge in [0.15, 0.2) is 0 Å². The van der Waals surface area contributed by atoms with Crippen LogP contribution in [0, 0.1) is 0 Å². The zero-order chi connectivity index (χ0) is 17.8. The standard InChI is InChI=1S/C16H13ClF3NO2S/c1-15(7-4-13(17)5-8-15)24(22,23)21-9-6-11-10-12(16(18,19)20)2-3-14(11)21/h2-7,9-10H,8H2,1H3. The first-order chi connectivity index (χ1) is 11.0. The van der Waals surface area contributed by atoms with E-state index in [2.05, 4.69) is 0 Å². The van der Waals surface area contributed by atoms with Crippen LogP contribution in [-0.4, -0.2) is 17.1 Å². The van der Waals surface area contributed by atoms with Crippen LogP contribution in [0.1, 0.15) is 18.9 Å². The maximum Gasteiger partial charge on any atom is 0.416 e. The SMILES string of the molecule is CC1(S(=O)(=O)n2ccc3cc(C(F)(F)F)ccc32)C=CC(Cl)=CC1. The van der Waals surface area contributed by atoms with Crippen LogP contribution in [0.4, 0.5) is 13.2 Å². The molecule has 24 heavy (non-hydrogen) atoms. The molecular weight excluding hydrogens is 363 g/mol. The second-order valence-corrected chi connectivity index (χ2v) is 8.54. The van der Waals surface area contributed by atoms with Crippen LogP contribution < -0.4 is 0 Å². The van der Waals surface area contributed by atoms with Gasteiger partial charge in [0.2, 0.25) is 10.0 Å². The highest BCUT2D eigenvalue weighted by molar-refractivity contribution is 7.91. The van der Waals surface area contributed by atoms with Crippen molar-refractivity contribution in [2.45, 2.75) is 24.3 Å². The van der Waals surface area contributed by atoms with Gasteiger partial charge in [-0.05, 0) is 43.7 Å². The van der Waals surface area contributed by atoms with E-state index in [0.717, 1.165) is 16.1 Å². The molecule has 0 amide bonds. The highest BCUT2D eigenvalue weighted by Gasteiger charge is 2.39. The number of allylic oxidation sites excluding steroid dienone is 3. The van der Waals surface area contributed by atoms with E-state index in [-0.39, 0.29) is 17.3 Å². The summed E-state index contributed by atoms with van der Waals surface area (Å²) < 4.78 is 64.2. The monoisotopic (exact) mass is 375 g/mol. The van der Waals surface area contributed by atoms with Gasteiger partial charge in [0.25, 0.3) is 0 Å². The first-order valence-electron chi connectivity index (χ1n) is 7.03. The minimum Gasteiger partial charge on any atom is -0.244 e. The van der Waals surface area contributed by atoms with Crippen LogP contribution in [0.3, 0.4) is 0 Å². The number of benzene rings is 1. The molecule has 1 aliphatic carbocycles. The fourth-order valence-corrected chi connectivity index (χ4v) is 4.38. The first kappa shape index (κ1) is 17.1. The van der Waals surface area contributed by atoms with Crippen molar-refractivity contribution in [3.8, 4) is 0 Å². The highest BCUT2D eigenvalue weighted by atomic mass is 35.5. The van der Waals surface area contributed by atoms with E-state index in [4.69, 9.17) is 11.6 Å². The molecule has 1 heterocycles. The number of hydrogen-bond donors (Lipinski definition) is 0. The van der Waals surface area contributed by atoms with E-state index < -0.39 is 26.5 Å². The van der Waals surface area contributed by atoms with Crippen molar-refractivity contribution in [3.05, 3.63) is 59.3 Å². The van der Waals surface area contributed by atoms with Gasteiger partial charge in [0, 0.05) is 16.6 Å². The minimum atomic E-state index is -4.48. The fourth-order valence-electron chi connectivity index (χ4n) is 2.61. The molecule has 1 aromatic heterocycles. The molecule has 128 valence electrons. The van der Waals surface area contributed by atoms with Crippen molar-refractivity contribution in [1.29, 1.82) is 0 Å². The Morgan fingerprint density at radius 2 is 1.96 bits per heavy atom. The third-order valence-corrected chi connectivity index (χ3v) is 6.73. The Labute approximate surface area is 142 Å². The lowest BCUT2D eigenvalue weighted by molar-refractivity contribution is -0.137. The van der Waals surface area contributed by atoms with Gasteiger partial charge >= 0.3 is 6.18 Å². The smallest absolute Gasteiger partial charge is 0.244 e. The van der Waals surface area contributed by atoms with Gasteiger partial charge < -0.3 is 0 Å². The normalized spacial score (nSPS) is 22.0. The molecule has 3 nitrogen and oxygen atoms in total. The van der Waals surface area contributed by atoms with Crippen molar-refractivity contribution in [2.24, 2.45) is 0 Å². The topological polar surface area (TPSA) is 39.1 Å². The molecule has 0 aliphatic heterocycles. The number of halogens is 4. The molecule has 1 aromatic carbocycles. The van der Waals surface area contributed by atoms with E-state index in [1.165, 1.54) is 30.5 Å². The van der Waals surface area contributed by atoms with Crippen molar-refractivity contribution in [3.63, 3.8) is 0 Å². The summed E-state index contributed by atoms with van der Waals surface area (Å²) in [5.41, 5.74) is -0.609. The van der Waals surface area contributed by atoms with Crippen molar-refractivity contribution >= 4 is 32.5 Å². The van der Waals surface area contributed by atoms with E-state index >= 15 is 0 Å². The van der Waals surface area contributed by atoms with Gasteiger partial charge in [-0.2, -0.15) is 13.2 Å². The average Bonchev–Trinajstić information content (AvgIpc) is 2.93. The summed E-state index contributed by atoms with van der Waals surface area (Å²) >= 11 is 5.84. The van der Waals surface area contributed by atoms with Crippen molar-refractivity contribution < 1.29 is 21.6 Å². The molecule has 0 bridgehead atoms. The Morgan fingerprint density at radius 3 is 2.54 bits per heavy atom. The van der Waals surface area contributed by atoms with Gasteiger partial charge in [-0.15, -0.1) is 0 Å². The Hall–Kier alpha value is -1.73. The Bertz CT molecular complexity index is 973. The molecule has 0 saturated carbocycles. The maximum atomic E-state index is 13.0. The number of fused-ring (bicyclic) bond motifs is 1. The molecule has 8 heteroatoms. The van der Waals surface area contributed by atoms with E-state index in [0.29, 0.717) is 5.03 Å². The molecule has 1 atom stereocenters. The second kappa shape index (κ2) is 5.39. The quantitative estimate of drug-likeness (QED) is 0.764. The number of aromatic nitrogens is 1. The molecule has 2 aromatic rings. The van der Waals surface area contributed by atoms with Gasteiger partial charge in [0.1, 0.15) is 4.75 Å². The van der Waals surface area contributed by atoms with Crippen LogP contribution in [0.25, 0.3) is 10.9 Å². The van der Waals surface area contributed by atoms with Gasteiger partial charge in [-0.25, -0.2) is 12.4 Å². The van der Waals surface area contributed by atoms with Gasteiger partial charge in [-0.1, -0.05) is 23.8 Å². The fraction of sp³-hybridized carbons (Fsp3) is 0.250. The highest BCUT2D eigenvalue weighted by Crippen LogP contribution is 2.35. The molecule has 0 radical (unpaired) electrons. The van der Waals surface area contributed by atoms with Crippen LogP contribution in [0.15, 0.2) is 53.7 Å². The van der Waals surface area contributed by atoms with Crippen molar-refractivity contribution in [1.82, 2.24) is 3.97 Å². The summed E-state index contributed by atoms with van der Waals surface area (Å²) in [7, 11) is -3.87. The lowest BCUT2D eigenvalue weighted by Crippen LogP contribution is -2.38. The summed E-state index contributed by atoms with van der Waals surface area (Å²) in [5, 5.41) is 0.667. The first-order valence-corrected chi connectivity index (χ1v) is 8.85. The molecule has 3 rings (SSSR count). The number of rotatable bonds is 2. The Balaban J connectivity index is 2.11. The number of hydrogen-bond acceptors (Lipinski definition) is 2. The lowest BCUT2D eigenvalue weighted by Gasteiger charge is -2.27. The van der Waals surface area contributed by atoms with Crippen LogP contribution >= 0.6 is 11.6 Å². The van der Waals surface area contributed by atoms with Crippen LogP contribution in [-0.2, 0) is 16.2 Å². The third-order valence-electron chi connectivity index (χ3n) is 4.13. The molecule has 0 fully saturated rings. The van der Waals surface area contributed by atoms with Gasteiger partial charge in [-0.3, -0.25) is 0 Å². The summed E-state index contributed by atoms with van der Waals surface area (Å²) in [6, 6.07) is 4.36. The summed E-state index contributed by atoms with van der Waals surface area (Å²) in [5.74, 6) is 0. The molecule has 1 aliphatic rings. The largest absolute Gasteiger partial charge is 0.416 e. The zero-order valence-electron chi connectivity index (χ0n) is 12.5. The predicted molar refractivity (Wildman–Crippen MR) is 87.4 cm³/mol. The maximum absolute atomic E-state index is 13.0. The summed E-state index contributed by atoms with van der Waals surface area (Å²) in [6.07, 6.45) is 1.60. The van der Waals surface area contributed by atoms with Crippen LogP contribution in [0.2, 0.25) is 0 Å². The Kier molecular flexibility index (Phi) is 3.84. The number of nitrogens with zero attached hydrogens (tertiary/aromatic N) is 1. The van der Waals surface area contributed by atoms with E-state index in [1.807, 2.05) is 0 Å². The van der Waals surface area contributed by atoms with Crippen LogP contribution in [0.5, 0.6) is 0 Å². The minimum absolute atomic E-state index is 0.185. The molecular formula is C16H13ClF3NO2S.